The Morgan fingerprint density at radius 3 is 2.06 bits per heavy atom. The summed E-state index contributed by atoms with van der Waals surface area (Å²) in [5, 5.41) is 10.1. The Balaban J connectivity index is 1.52. The summed E-state index contributed by atoms with van der Waals surface area (Å²) in [6.45, 7) is 6.20. The zero-order chi connectivity index (χ0) is 12.4. The van der Waals surface area contributed by atoms with E-state index >= 15 is 0 Å². The van der Waals surface area contributed by atoms with Gasteiger partial charge in [0.05, 0.1) is 6.10 Å². The van der Waals surface area contributed by atoms with E-state index in [4.69, 9.17) is 0 Å². The zero-order valence-electron chi connectivity index (χ0n) is 11.6. The Morgan fingerprint density at radius 2 is 1.44 bits per heavy atom. The summed E-state index contributed by atoms with van der Waals surface area (Å²) in [5.74, 6) is 0.529. The lowest BCUT2D eigenvalue weighted by Gasteiger charge is -2.50. The summed E-state index contributed by atoms with van der Waals surface area (Å²) in [7, 11) is 0. The predicted molar refractivity (Wildman–Crippen MR) is 73.6 cm³/mol. The third-order valence-corrected chi connectivity index (χ3v) is 5.25. The van der Waals surface area contributed by atoms with Crippen LogP contribution in [0.1, 0.15) is 44.9 Å². The molecule has 0 radical (unpaired) electrons. The van der Waals surface area contributed by atoms with E-state index in [2.05, 4.69) is 9.80 Å². The Bertz CT molecular complexity index is 259. The van der Waals surface area contributed by atoms with Crippen molar-refractivity contribution in [2.24, 2.45) is 5.92 Å². The molecule has 0 aromatic carbocycles. The fourth-order valence-electron chi connectivity index (χ4n) is 4.01. The van der Waals surface area contributed by atoms with Crippen molar-refractivity contribution >= 4 is 0 Å². The van der Waals surface area contributed by atoms with Gasteiger partial charge in [-0.15, -0.1) is 0 Å². The van der Waals surface area contributed by atoms with Crippen LogP contribution in [0.3, 0.4) is 0 Å². The lowest BCUT2D eigenvalue weighted by Crippen LogP contribution is -2.60. The van der Waals surface area contributed by atoms with E-state index in [1.54, 1.807) is 0 Å². The van der Waals surface area contributed by atoms with E-state index in [1.807, 2.05) is 0 Å². The molecule has 3 nitrogen and oxygen atoms in total. The van der Waals surface area contributed by atoms with Gasteiger partial charge >= 0.3 is 0 Å². The summed E-state index contributed by atoms with van der Waals surface area (Å²) in [4.78, 5) is 5.25. The largest absolute Gasteiger partial charge is 0.393 e. The molecular weight excluding hydrogens is 224 g/mol. The van der Waals surface area contributed by atoms with E-state index < -0.39 is 0 Å². The van der Waals surface area contributed by atoms with Crippen molar-refractivity contribution < 1.29 is 5.11 Å². The Morgan fingerprint density at radius 1 is 0.833 bits per heavy atom. The molecule has 104 valence electrons. The number of hydrogen-bond acceptors (Lipinski definition) is 3. The second kappa shape index (κ2) is 5.89. The third-order valence-electron chi connectivity index (χ3n) is 5.25. The molecule has 3 fully saturated rings. The minimum atomic E-state index is -0.0288. The standard InChI is InChI=1S/C15H28N2O/c18-15-11-14(17-9-5-2-6-10-17)13(15)12-16-7-3-1-4-8-16/h13-15,18H,1-12H2. The van der Waals surface area contributed by atoms with E-state index in [0.717, 1.165) is 13.0 Å². The third kappa shape index (κ3) is 2.73. The van der Waals surface area contributed by atoms with Crippen LogP contribution in [0.15, 0.2) is 0 Å². The van der Waals surface area contributed by atoms with Crippen LogP contribution in [-0.4, -0.2) is 59.8 Å². The zero-order valence-corrected chi connectivity index (χ0v) is 11.6. The van der Waals surface area contributed by atoms with Crippen molar-refractivity contribution in [3.63, 3.8) is 0 Å². The number of aliphatic hydroxyl groups excluding tert-OH is 1. The molecule has 1 N–H and O–H groups in total. The van der Waals surface area contributed by atoms with Crippen molar-refractivity contribution in [2.45, 2.75) is 57.1 Å². The first-order chi connectivity index (χ1) is 8.84. The Labute approximate surface area is 111 Å². The lowest BCUT2D eigenvalue weighted by molar-refractivity contribution is -0.0815. The number of rotatable bonds is 3. The van der Waals surface area contributed by atoms with Gasteiger partial charge in [0.25, 0.3) is 0 Å². The molecule has 0 bridgehead atoms. The molecular formula is C15H28N2O. The van der Waals surface area contributed by atoms with Crippen molar-refractivity contribution in [1.82, 2.24) is 9.80 Å². The molecule has 3 unspecified atom stereocenters. The van der Waals surface area contributed by atoms with E-state index in [1.165, 1.54) is 64.7 Å². The molecule has 3 rings (SSSR count). The van der Waals surface area contributed by atoms with Gasteiger partial charge in [-0.25, -0.2) is 0 Å². The highest BCUT2D eigenvalue weighted by molar-refractivity contribution is 4.98. The molecule has 0 aromatic heterocycles. The molecule has 1 aliphatic carbocycles. The highest BCUT2D eigenvalue weighted by Gasteiger charge is 2.43. The van der Waals surface area contributed by atoms with Crippen LogP contribution in [0.25, 0.3) is 0 Å². The molecule has 0 spiro atoms. The van der Waals surface area contributed by atoms with Gasteiger partial charge in [-0.1, -0.05) is 12.8 Å². The summed E-state index contributed by atoms with van der Waals surface area (Å²) < 4.78 is 0. The first-order valence-corrected chi connectivity index (χ1v) is 7.99. The monoisotopic (exact) mass is 252 g/mol. The van der Waals surface area contributed by atoms with Gasteiger partial charge in [-0.2, -0.15) is 0 Å². The van der Waals surface area contributed by atoms with Gasteiger partial charge in [-0.3, -0.25) is 4.90 Å². The Hall–Kier alpha value is -0.120. The number of piperidine rings is 2. The summed E-state index contributed by atoms with van der Waals surface area (Å²) in [6.07, 6.45) is 9.25. The van der Waals surface area contributed by atoms with Crippen LogP contribution >= 0.6 is 0 Å². The van der Waals surface area contributed by atoms with Crippen LogP contribution in [0, 0.1) is 5.92 Å². The number of aliphatic hydroxyl groups is 1. The fourth-order valence-corrected chi connectivity index (χ4v) is 4.01. The van der Waals surface area contributed by atoms with Gasteiger partial charge in [0.15, 0.2) is 0 Å². The normalized spacial score (nSPS) is 39.5. The topological polar surface area (TPSA) is 26.7 Å². The SMILES string of the molecule is OC1CC(N2CCCCC2)C1CN1CCCCC1. The van der Waals surface area contributed by atoms with Gasteiger partial charge < -0.3 is 10.0 Å². The number of likely N-dealkylation sites (tertiary alicyclic amines) is 2. The van der Waals surface area contributed by atoms with Crippen molar-refractivity contribution in [3.8, 4) is 0 Å². The minimum Gasteiger partial charge on any atom is -0.393 e. The first kappa shape index (κ1) is 12.9. The molecule has 0 aromatic rings. The molecule has 3 atom stereocenters. The van der Waals surface area contributed by atoms with E-state index in [9.17, 15) is 5.11 Å². The maximum absolute atomic E-state index is 10.1. The van der Waals surface area contributed by atoms with Crippen molar-refractivity contribution in [2.75, 3.05) is 32.7 Å². The molecule has 3 aliphatic rings. The van der Waals surface area contributed by atoms with Crippen LogP contribution in [0.4, 0.5) is 0 Å². The smallest absolute Gasteiger partial charge is 0.0610 e. The van der Waals surface area contributed by atoms with Crippen LogP contribution in [-0.2, 0) is 0 Å². The van der Waals surface area contributed by atoms with Gasteiger partial charge in [0.2, 0.25) is 0 Å². The second-order valence-electron chi connectivity index (χ2n) is 6.49. The average Bonchev–Trinajstić information content (AvgIpc) is 2.44. The second-order valence-corrected chi connectivity index (χ2v) is 6.49. The lowest BCUT2D eigenvalue weighted by atomic mass is 9.74. The molecule has 2 saturated heterocycles. The molecule has 2 heterocycles. The highest BCUT2D eigenvalue weighted by Crippen LogP contribution is 2.35. The molecule has 3 heteroatoms. The number of hydrogen-bond donors (Lipinski definition) is 1. The van der Waals surface area contributed by atoms with Crippen LogP contribution in [0.5, 0.6) is 0 Å². The van der Waals surface area contributed by atoms with E-state index in [0.29, 0.717) is 12.0 Å². The molecule has 2 aliphatic heterocycles. The van der Waals surface area contributed by atoms with Crippen LogP contribution in [0.2, 0.25) is 0 Å². The predicted octanol–water partition coefficient (Wildman–Crippen LogP) is 1.71. The van der Waals surface area contributed by atoms with E-state index in [-0.39, 0.29) is 6.10 Å². The van der Waals surface area contributed by atoms with Crippen molar-refractivity contribution in [3.05, 3.63) is 0 Å². The Kier molecular flexibility index (Phi) is 4.22. The van der Waals surface area contributed by atoms with Crippen LogP contribution < -0.4 is 0 Å². The maximum atomic E-state index is 10.1. The molecule has 1 saturated carbocycles. The quantitative estimate of drug-likeness (QED) is 0.828. The van der Waals surface area contributed by atoms with Gasteiger partial charge in [0.1, 0.15) is 0 Å². The number of nitrogens with zero attached hydrogens (tertiary/aromatic N) is 2. The average molecular weight is 252 g/mol. The summed E-state index contributed by atoms with van der Waals surface area (Å²) >= 11 is 0. The van der Waals surface area contributed by atoms with Gasteiger partial charge in [0, 0.05) is 18.5 Å². The summed E-state index contributed by atoms with van der Waals surface area (Å²) in [5.41, 5.74) is 0. The fraction of sp³-hybridized carbons (Fsp3) is 1.00. The summed E-state index contributed by atoms with van der Waals surface area (Å²) in [6, 6.07) is 0.683. The highest BCUT2D eigenvalue weighted by atomic mass is 16.3. The molecule has 0 amide bonds. The van der Waals surface area contributed by atoms with Crippen molar-refractivity contribution in [1.29, 1.82) is 0 Å². The van der Waals surface area contributed by atoms with Gasteiger partial charge in [-0.05, 0) is 58.3 Å². The first-order valence-electron chi connectivity index (χ1n) is 7.99. The maximum Gasteiger partial charge on any atom is 0.0610 e. The molecule has 18 heavy (non-hydrogen) atoms. The minimum absolute atomic E-state index is 0.0288.